The fraction of sp³-hybridized carbons (Fsp3) is 0.588. The summed E-state index contributed by atoms with van der Waals surface area (Å²) in [5.41, 5.74) is 2.54. The van der Waals surface area contributed by atoms with Crippen molar-refractivity contribution in [3.05, 3.63) is 34.9 Å². The first-order valence-corrected chi connectivity index (χ1v) is 7.12. The second-order valence-electron chi connectivity index (χ2n) is 6.35. The van der Waals surface area contributed by atoms with E-state index in [1.807, 2.05) is 66.8 Å². The number of hydrogen-bond donors (Lipinski definition) is 0. The second kappa shape index (κ2) is 6.40. The second-order valence-corrected chi connectivity index (χ2v) is 6.35. The maximum atomic E-state index is 12.7. The average Bonchev–Trinajstić information content (AvgIpc) is 2.37. The highest BCUT2D eigenvalue weighted by atomic mass is 16.5. The molecule has 0 atom stereocenters. The molecule has 0 spiro atoms. The number of nitrogens with zero attached hydrogens (tertiary/aromatic N) is 1. The predicted molar refractivity (Wildman–Crippen MR) is 83.2 cm³/mol. The Hall–Kier alpha value is -1.35. The van der Waals surface area contributed by atoms with E-state index in [1.54, 1.807) is 4.90 Å². The molecule has 1 rings (SSSR count). The quantitative estimate of drug-likeness (QED) is 0.823. The summed E-state index contributed by atoms with van der Waals surface area (Å²) < 4.78 is 5.67. The molecule has 1 aromatic carbocycles. The SMILES string of the molecule is Cc1ccc(C)c(C(=O)N(C)C(C)(C)COC(C)C)c1. The van der Waals surface area contributed by atoms with Gasteiger partial charge in [0.1, 0.15) is 0 Å². The lowest BCUT2D eigenvalue weighted by atomic mass is 10.00. The first-order valence-electron chi connectivity index (χ1n) is 7.12. The van der Waals surface area contributed by atoms with Crippen LogP contribution in [0.5, 0.6) is 0 Å². The lowest BCUT2D eigenvalue weighted by Gasteiger charge is -2.36. The Bertz CT molecular complexity index is 478. The van der Waals surface area contributed by atoms with Gasteiger partial charge < -0.3 is 9.64 Å². The molecular weight excluding hydrogens is 250 g/mol. The van der Waals surface area contributed by atoms with Crippen molar-refractivity contribution in [3.63, 3.8) is 0 Å². The molecule has 1 aromatic rings. The maximum Gasteiger partial charge on any atom is 0.254 e. The number of carbonyl (C=O) groups is 1. The van der Waals surface area contributed by atoms with Crippen molar-refractivity contribution in [1.82, 2.24) is 4.90 Å². The zero-order valence-electron chi connectivity index (χ0n) is 13.8. The molecule has 3 heteroatoms. The molecule has 3 nitrogen and oxygen atoms in total. The minimum atomic E-state index is -0.336. The summed E-state index contributed by atoms with van der Waals surface area (Å²) in [6.07, 6.45) is 0.165. The monoisotopic (exact) mass is 277 g/mol. The third-order valence-electron chi connectivity index (χ3n) is 3.61. The Kier molecular flexibility index (Phi) is 5.35. The van der Waals surface area contributed by atoms with Crippen LogP contribution in [0.3, 0.4) is 0 Å². The van der Waals surface area contributed by atoms with Crippen LogP contribution >= 0.6 is 0 Å². The predicted octanol–water partition coefficient (Wildman–Crippen LogP) is 3.58. The van der Waals surface area contributed by atoms with E-state index in [0.717, 1.165) is 16.7 Å². The van der Waals surface area contributed by atoms with Crippen LogP contribution in [0.1, 0.15) is 49.2 Å². The largest absolute Gasteiger partial charge is 0.376 e. The Labute approximate surface area is 122 Å². The normalized spacial score (nSPS) is 11.8. The van der Waals surface area contributed by atoms with Crippen LogP contribution in [0.2, 0.25) is 0 Å². The number of amides is 1. The van der Waals surface area contributed by atoms with Crippen LogP contribution < -0.4 is 0 Å². The molecule has 0 fully saturated rings. The molecule has 0 aliphatic rings. The number of likely N-dealkylation sites (N-methyl/N-ethyl adjacent to an activating group) is 1. The standard InChI is InChI=1S/C17H27NO2/c1-12(2)20-11-17(5,6)18(7)16(19)15-10-13(3)8-9-14(15)4/h8-10,12H,11H2,1-7H3. The van der Waals surface area contributed by atoms with E-state index in [-0.39, 0.29) is 17.6 Å². The van der Waals surface area contributed by atoms with E-state index in [9.17, 15) is 4.79 Å². The van der Waals surface area contributed by atoms with Crippen LogP contribution in [-0.2, 0) is 4.74 Å². The molecular formula is C17H27NO2. The summed E-state index contributed by atoms with van der Waals surface area (Å²) in [6, 6.07) is 5.97. The summed E-state index contributed by atoms with van der Waals surface area (Å²) in [5, 5.41) is 0. The van der Waals surface area contributed by atoms with Crippen molar-refractivity contribution >= 4 is 5.91 Å². The third kappa shape index (κ3) is 4.07. The number of aryl methyl sites for hydroxylation is 2. The Morgan fingerprint density at radius 2 is 1.90 bits per heavy atom. The lowest BCUT2D eigenvalue weighted by Crippen LogP contribution is -2.48. The minimum absolute atomic E-state index is 0.0450. The highest BCUT2D eigenvalue weighted by molar-refractivity contribution is 5.96. The summed E-state index contributed by atoms with van der Waals surface area (Å²) in [5.74, 6) is 0.0450. The van der Waals surface area contributed by atoms with Gasteiger partial charge in [-0.15, -0.1) is 0 Å². The molecule has 0 radical (unpaired) electrons. The molecule has 1 amide bonds. The number of benzene rings is 1. The van der Waals surface area contributed by atoms with Crippen molar-refractivity contribution in [2.24, 2.45) is 0 Å². The molecule has 0 saturated heterocycles. The maximum absolute atomic E-state index is 12.7. The van der Waals surface area contributed by atoms with Gasteiger partial charge >= 0.3 is 0 Å². The van der Waals surface area contributed by atoms with Crippen molar-refractivity contribution in [2.75, 3.05) is 13.7 Å². The number of carbonyl (C=O) groups excluding carboxylic acids is 1. The molecule has 0 aromatic heterocycles. The lowest BCUT2D eigenvalue weighted by molar-refractivity contribution is -0.00118. The van der Waals surface area contributed by atoms with Gasteiger partial charge in [-0.25, -0.2) is 0 Å². The van der Waals surface area contributed by atoms with Crippen molar-refractivity contribution in [1.29, 1.82) is 0 Å². The van der Waals surface area contributed by atoms with Gasteiger partial charge in [0, 0.05) is 12.6 Å². The van der Waals surface area contributed by atoms with Gasteiger partial charge in [-0.3, -0.25) is 4.79 Å². The van der Waals surface area contributed by atoms with E-state index in [0.29, 0.717) is 6.61 Å². The first-order chi connectivity index (χ1) is 9.15. The fourth-order valence-corrected chi connectivity index (χ4v) is 1.89. The average molecular weight is 277 g/mol. The Balaban J connectivity index is 2.92. The highest BCUT2D eigenvalue weighted by Crippen LogP contribution is 2.20. The smallest absolute Gasteiger partial charge is 0.254 e. The van der Waals surface area contributed by atoms with Gasteiger partial charge in [-0.2, -0.15) is 0 Å². The van der Waals surface area contributed by atoms with Crippen LogP contribution in [-0.4, -0.2) is 36.1 Å². The first kappa shape index (κ1) is 16.7. The number of hydrogen-bond acceptors (Lipinski definition) is 2. The van der Waals surface area contributed by atoms with Gasteiger partial charge in [0.05, 0.1) is 18.2 Å². The summed E-state index contributed by atoms with van der Waals surface area (Å²) in [4.78, 5) is 14.5. The Morgan fingerprint density at radius 3 is 2.45 bits per heavy atom. The third-order valence-corrected chi connectivity index (χ3v) is 3.61. The topological polar surface area (TPSA) is 29.5 Å². The van der Waals surface area contributed by atoms with Crippen LogP contribution in [0.15, 0.2) is 18.2 Å². The van der Waals surface area contributed by atoms with Crippen molar-refractivity contribution in [3.8, 4) is 0 Å². The Morgan fingerprint density at radius 1 is 1.30 bits per heavy atom. The van der Waals surface area contributed by atoms with Crippen molar-refractivity contribution < 1.29 is 9.53 Å². The number of rotatable bonds is 5. The van der Waals surface area contributed by atoms with Crippen LogP contribution in [0.4, 0.5) is 0 Å². The van der Waals surface area contributed by atoms with E-state index in [1.165, 1.54) is 0 Å². The number of ether oxygens (including phenoxy) is 1. The van der Waals surface area contributed by atoms with Crippen LogP contribution in [0.25, 0.3) is 0 Å². The van der Waals surface area contributed by atoms with E-state index >= 15 is 0 Å². The summed E-state index contributed by atoms with van der Waals surface area (Å²) in [6.45, 7) is 12.6. The molecule has 112 valence electrons. The van der Waals surface area contributed by atoms with Crippen LogP contribution in [0, 0.1) is 13.8 Å². The molecule has 0 saturated carbocycles. The molecule has 0 unspecified atom stereocenters. The summed E-state index contributed by atoms with van der Waals surface area (Å²) in [7, 11) is 1.84. The minimum Gasteiger partial charge on any atom is -0.376 e. The fourth-order valence-electron chi connectivity index (χ4n) is 1.89. The molecule has 0 bridgehead atoms. The zero-order chi connectivity index (χ0) is 15.5. The van der Waals surface area contributed by atoms with Gasteiger partial charge in [-0.1, -0.05) is 17.7 Å². The zero-order valence-corrected chi connectivity index (χ0v) is 13.8. The van der Waals surface area contributed by atoms with Gasteiger partial charge in [0.15, 0.2) is 0 Å². The van der Waals surface area contributed by atoms with Gasteiger partial charge in [0.2, 0.25) is 0 Å². The highest BCUT2D eigenvalue weighted by Gasteiger charge is 2.29. The van der Waals surface area contributed by atoms with E-state index in [4.69, 9.17) is 4.74 Å². The molecule has 0 aliphatic carbocycles. The van der Waals surface area contributed by atoms with Gasteiger partial charge in [-0.05, 0) is 53.2 Å². The van der Waals surface area contributed by atoms with Gasteiger partial charge in [0.25, 0.3) is 5.91 Å². The van der Waals surface area contributed by atoms with E-state index in [2.05, 4.69) is 0 Å². The molecule has 0 N–H and O–H groups in total. The van der Waals surface area contributed by atoms with E-state index < -0.39 is 0 Å². The summed E-state index contributed by atoms with van der Waals surface area (Å²) >= 11 is 0. The van der Waals surface area contributed by atoms with Crippen molar-refractivity contribution in [2.45, 2.75) is 53.2 Å². The molecule has 20 heavy (non-hydrogen) atoms. The molecule has 0 aliphatic heterocycles. The molecule has 0 heterocycles.